The molecule has 0 aliphatic carbocycles. The molecule has 0 aliphatic rings. The van der Waals surface area contributed by atoms with E-state index in [1.807, 2.05) is 6.07 Å². The lowest BCUT2D eigenvalue weighted by Gasteiger charge is -2.01. The maximum absolute atomic E-state index is 8.34. The third kappa shape index (κ3) is 3.82. The van der Waals surface area contributed by atoms with Crippen molar-refractivity contribution in [3.63, 3.8) is 0 Å². The summed E-state index contributed by atoms with van der Waals surface area (Å²) >= 11 is 0. The molecule has 5 heteroatoms. The molecular weight excluding hydrogens is 159 g/mol. The zero-order valence-corrected chi connectivity index (χ0v) is 5.27. The zero-order chi connectivity index (χ0) is 7.40. The average molecular weight is 170 g/mol. The fourth-order valence-corrected chi connectivity index (χ4v) is 0.621. The standard InChI is InChI=1S/C6H7BO3.H4Si/c8-7(9)10-6-4-2-1-3-5-6;/h1-5,8-9H;1H4. The molecule has 1 aromatic rings. The van der Waals surface area contributed by atoms with Crippen molar-refractivity contribution in [3.05, 3.63) is 30.3 Å². The summed E-state index contributed by atoms with van der Waals surface area (Å²) in [7, 11) is -1.73. The molecule has 0 unspecified atom stereocenters. The summed E-state index contributed by atoms with van der Waals surface area (Å²) in [6, 6.07) is 8.59. The normalized spacial score (nSPS) is 8.18. The zero-order valence-electron chi connectivity index (χ0n) is 5.27. The van der Waals surface area contributed by atoms with Crippen LogP contribution in [-0.4, -0.2) is 28.3 Å². The molecule has 0 saturated carbocycles. The summed E-state index contributed by atoms with van der Waals surface area (Å²) in [5.41, 5.74) is 0. The van der Waals surface area contributed by atoms with Gasteiger partial charge in [-0.2, -0.15) is 0 Å². The summed E-state index contributed by atoms with van der Waals surface area (Å²) in [5, 5.41) is 16.7. The van der Waals surface area contributed by atoms with Crippen LogP contribution in [0.15, 0.2) is 30.3 Å². The third-order valence-corrected chi connectivity index (χ3v) is 0.985. The van der Waals surface area contributed by atoms with Crippen LogP contribution in [0.25, 0.3) is 0 Å². The Morgan fingerprint density at radius 1 is 1.09 bits per heavy atom. The van der Waals surface area contributed by atoms with Gasteiger partial charge in [-0.1, -0.05) is 18.2 Å². The molecule has 0 aromatic heterocycles. The van der Waals surface area contributed by atoms with Crippen molar-refractivity contribution in [1.29, 1.82) is 0 Å². The van der Waals surface area contributed by atoms with E-state index in [1.54, 1.807) is 24.3 Å². The minimum absolute atomic E-state index is 0. The second-order valence-electron chi connectivity index (χ2n) is 1.76. The molecule has 3 nitrogen and oxygen atoms in total. The first kappa shape index (κ1) is 10.2. The second-order valence-corrected chi connectivity index (χ2v) is 1.76. The number of benzene rings is 1. The van der Waals surface area contributed by atoms with Gasteiger partial charge in [0.25, 0.3) is 0 Å². The van der Waals surface area contributed by atoms with Gasteiger partial charge in [-0.15, -0.1) is 0 Å². The van der Waals surface area contributed by atoms with Gasteiger partial charge in [-0.3, -0.25) is 0 Å². The van der Waals surface area contributed by atoms with Crippen LogP contribution in [0.5, 0.6) is 5.75 Å². The van der Waals surface area contributed by atoms with Crippen LogP contribution in [0, 0.1) is 0 Å². The Bertz CT molecular complexity index is 192. The molecule has 1 rings (SSSR count). The van der Waals surface area contributed by atoms with Gasteiger partial charge in [-0.25, -0.2) is 0 Å². The van der Waals surface area contributed by atoms with Crippen LogP contribution in [-0.2, 0) is 0 Å². The Labute approximate surface area is 69.8 Å². The Kier molecular flexibility index (Phi) is 4.60. The summed E-state index contributed by atoms with van der Waals surface area (Å²) in [5.74, 6) is 0.442. The summed E-state index contributed by atoms with van der Waals surface area (Å²) < 4.78 is 4.53. The minimum atomic E-state index is -1.73. The largest absolute Gasteiger partial charge is 0.707 e. The molecule has 0 saturated heterocycles. The van der Waals surface area contributed by atoms with Crippen LogP contribution in [0.1, 0.15) is 0 Å². The van der Waals surface area contributed by atoms with Crippen LogP contribution in [0.3, 0.4) is 0 Å². The van der Waals surface area contributed by atoms with Gasteiger partial charge >= 0.3 is 7.32 Å². The van der Waals surface area contributed by atoms with E-state index >= 15 is 0 Å². The van der Waals surface area contributed by atoms with Crippen molar-refractivity contribution in [2.45, 2.75) is 0 Å². The molecule has 11 heavy (non-hydrogen) atoms. The van der Waals surface area contributed by atoms with E-state index in [0.717, 1.165) is 0 Å². The molecule has 60 valence electrons. The Morgan fingerprint density at radius 2 is 1.64 bits per heavy atom. The number of hydrogen-bond acceptors (Lipinski definition) is 3. The van der Waals surface area contributed by atoms with Crippen molar-refractivity contribution in [3.8, 4) is 5.75 Å². The lowest BCUT2D eigenvalue weighted by Crippen LogP contribution is -2.20. The molecule has 0 amide bonds. The predicted octanol–water partition coefficient (Wildman–Crippen LogP) is -1.42. The molecule has 0 aliphatic heterocycles. The monoisotopic (exact) mass is 170 g/mol. The Morgan fingerprint density at radius 3 is 2.09 bits per heavy atom. The maximum atomic E-state index is 8.34. The molecule has 0 heterocycles. The van der Waals surface area contributed by atoms with Crippen LogP contribution < -0.4 is 4.65 Å². The van der Waals surface area contributed by atoms with E-state index in [0.29, 0.717) is 5.75 Å². The molecule has 1 aromatic carbocycles. The molecule has 0 atom stereocenters. The van der Waals surface area contributed by atoms with Crippen molar-refractivity contribution in [2.24, 2.45) is 0 Å². The van der Waals surface area contributed by atoms with Gasteiger partial charge in [0.15, 0.2) is 0 Å². The first-order chi connectivity index (χ1) is 4.79. The molecule has 2 N–H and O–H groups in total. The lowest BCUT2D eigenvalue weighted by atomic mass is 10.2. The van der Waals surface area contributed by atoms with E-state index < -0.39 is 7.32 Å². The highest BCUT2D eigenvalue weighted by molar-refractivity contribution is 6.33. The maximum Gasteiger partial charge on any atom is 0.707 e. The summed E-state index contributed by atoms with van der Waals surface area (Å²) in [6.45, 7) is 0. The van der Waals surface area contributed by atoms with Crippen LogP contribution in [0.2, 0.25) is 0 Å². The molecule has 0 fully saturated rings. The first-order valence-corrected chi connectivity index (χ1v) is 2.87. The SMILES string of the molecule is OB(O)Oc1ccccc1.[SiH4]. The topological polar surface area (TPSA) is 49.7 Å². The van der Waals surface area contributed by atoms with Gasteiger partial charge in [-0.05, 0) is 23.1 Å². The minimum Gasteiger partial charge on any atom is -0.512 e. The highest BCUT2D eigenvalue weighted by atomic mass is 28.1. The van der Waals surface area contributed by atoms with Crippen molar-refractivity contribution in [2.75, 3.05) is 0 Å². The number of rotatable bonds is 2. The average Bonchev–Trinajstić information content (AvgIpc) is 1.88. The Balaban J connectivity index is 0.000001000. The number of para-hydroxylation sites is 1. The van der Waals surface area contributed by atoms with E-state index in [9.17, 15) is 0 Å². The van der Waals surface area contributed by atoms with Crippen molar-refractivity contribution < 1.29 is 14.7 Å². The molecule has 0 radical (unpaired) electrons. The highest BCUT2D eigenvalue weighted by Crippen LogP contribution is 2.07. The van der Waals surface area contributed by atoms with Gasteiger partial charge in [0, 0.05) is 0 Å². The van der Waals surface area contributed by atoms with Crippen molar-refractivity contribution in [1.82, 2.24) is 0 Å². The first-order valence-electron chi connectivity index (χ1n) is 2.87. The molecular formula is C6H11BO3Si. The Hall–Kier alpha value is -0.778. The fourth-order valence-electron chi connectivity index (χ4n) is 0.621. The fraction of sp³-hybridized carbons (Fsp3) is 0. The van der Waals surface area contributed by atoms with Gasteiger partial charge < -0.3 is 14.7 Å². The van der Waals surface area contributed by atoms with Gasteiger partial charge in [0.2, 0.25) is 0 Å². The highest BCUT2D eigenvalue weighted by Gasteiger charge is 2.09. The van der Waals surface area contributed by atoms with E-state index in [1.165, 1.54) is 0 Å². The van der Waals surface area contributed by atoms with Gasteiger partial charge in [0.05, 0.1) is 0 Å². The van der Waals surface area contributed by atoms with E-state index in [-0.39, 0.29) is 11.0 Å². The summed E-state index contributed by atoms with van der Waals surface area (Å²) in [6.07, 6.45) is 0. The lowest BCUT2D eigenvalue weighted by molar-refractivity contribution is 0.288. The molecule has 0 spiro atoms. The van der Waals surface area contributed by atoms with E-state index in [4.69, 9.17) is 10.0 Å². The van der Waals surface area contributed by atoms with Crippen LogP contribution >= 0.6 is 0 Å². The van der Waals surface area contributed by atoms with Crippen molar-refractivity contribution >= 4 is 18.3 Å². The molecule has 0 bridgehead atoms. The second kappa shape index (κ2) is 4.95. The predicted molar refractivity (Wildman–Crippen MR) is 48.6 cm³/mol. The van der Waals surface area contributed by atoms with Crippen LogP contribution in [0.4, 0.5) is 0 Å². The summed E-state index contributed by atoms with van der Waals surface area (Å²) in [4.78, 5) is 0. The quantitative estimate of drug-likeness (QED) is 0.536. The van der Waals surface area contributed by atoms with E-state index in [2.05, 4.69) is 4.65 Å². The smallest absolute Gasteiger partial charge is 0.512 e. The third-order valence-electron chi connectivity index (χ3n) is 0.985. The van der Waals surface area contributed by atoms with Gasteiger partial charge in [0.1, 0.15) is 5.75 Å². The number of hydrogen-bond donors (Lipinski definition) is 2.